The number of hydrogen-bond donors (Lipinski definition) is 3. The van der Waals surface area contributed by atoms with E-state index in [-0.39, 0.29) is 37.3 Å². The lowest BCUT2D eigenvalue weighted by atomic mass is 9.81. The van der Waals surface area contributed by atoms with E-state index in [1.807, 2.05) is 0 Å². The van der Waals surface area contributed by atoms with Gasteiger partial charge in [-0.25, -0.2) is 31.6 Å². The molecule has 0 bridgehead atoms. The zero-order valence-electron chi connectivity index (χ0n) is 22.4. The molecule has 2 aliphatic rings. The maximum atomic E-state index is 14.0. The minimum Gasteiger partial charge on any atom is -0.347 e. The van der Waals surface area contributed by atoms with Gasteiger partial charge in [0.15, 0.2) is 6.17 Å². The topological polar surface area (TPSA) is 118 Å². The van der Waals surface area contributed by atoms with Crippen molar-refractivity contribution in [1.82, 2.24) is 35.6 Å². The molecule has 9 nitrogen and oxygen atoms in total. The Kier molecular flexibility index (Phi) is 8.28. The third-order valence-electron chi connectivity index (χ3n) is 7.89. The molecule has 5 rings (SSSR count). The second kappa shape index (κ2) is 11.7. The molecule has 2 amide bonds. The summed E-state index contributed by atoms with van der Waals surface area (Å²) in [4.78, 5) is 33.1. The van der Waals surface area contributed by atoms with Crippen LogP contribution in [0, 0.1) is 11.8 Å². The van der Waals surface area contributed by atoms with Crippen LogP contribution in [-0.2, 0) is 11.3 Å². The number of imidazole rings is 1. The molecule has 2 heterocycles. The van der Waals surface area contributed by atoms with Crippen LogP contribution in [0.3, 0.4) is 0 Å². The Balaban J connectivity index is 1.37. The summed E-state index contributed by atoms with van der Waals surface area (Å²) in [6.07, 6.45) is -1.91. The normalized spacial score (nSPS) is 20.3. The molecule has 222 valence electrons. The number of H-pyrrole nitrogens is 1. The third-order valence-corrected chi connectivity index (χ3v) is 7.89. The summed E-state index contributed by atoms with van der Waals surface area (Å²) >= 11 is 0. The molecule has 2 aromatic heterocycles. The van der Waals surface area contributed by atoms with Crippen LogP contribution in [0.4, 0.5) is 22.0 Å². The number of nitrogens with one attached hydrogen (secondary N) is 3. The van der Waals surface area contributed by atoms with Gasteiger partial charge in [-0.2, -0.15) is 0 Å². The molecule has 0 spiro atoms. The van der Waals surface area contributed by atoms with Crippen molar-refractivity contribution < 1.29 is 31.5 Å². The van der Waals surface area contributed by atoms with Crippen LogP contribution in [0.15, 0.2) is 24.4 Å². The van der Waals surface area contributed by atoms with E-state index >= 15 is 0 Å². The first-order chi connectivity index (χ1) is 19.5. The highest BCUT2D eigenvalue weighted by atomic mass is 19.3. The van der Waals surface area contributed by atoms with Crippen LogP contribution in [0.25, 0.3) is 11.0 Å². The Labute approximate surface area is 232 Å². The first kappa shape index (κ1) is 28.9. The van der Waals surface area contributed by atoms with E-state index in [0.717, 1.165) is 12.8 Å². The van der Waals surface area contributed by atoms with Crippen molar-refractivity contribution in [2.24, 2.45) is 11.8 Å². The van der Waals surface area contributed by atoms with E-state index in [9.17, 15) is 31.5 Å². The van der Waals surface area contributed by atoms with Crippen molar-refractivity contribution in [3.05, 3.63) is 41.5 Å². The summed E-state index contributed by atoms with van der Waals surface area (Å²) < 4.78 is 69.0. The van der Waals surface area contributed by atoms with Gasteiger partial charge in [0, 0.05) is 19.4 Å². The molecular formula is C27H32F5N7O2. The second-order valence-electron chi connectivity index (χ2n) is 11.1. The first-order valence-corrected chi connectivity index (χ1v) is 13.8. The van der Waals surface area contributed by atoms with Crippen molar-refractivity contribution in [1.29, 1.82) is 0 Å². The van der Waals surface area contributed by atoms with Crippen LogP contribution in [0.5, 0.6) is 0 Å². The number of aromatic nitrogens is 5. The monoisotopic (exact) mass is 581 g/mol. The van der Waals surface area contributed by atoms with Gasteiger partial charge in [0.2, 0.25) is 12.1 Å². The summed E-state index contributed by atoms with van der Waals surface area (Å²) in [6, 6.07) is 3.52. The minimum absolute atomic E-state index is 0.182. The number of hydrogen-bond acceptors (Lipinski definition) is 5. The van der Waals surface area contributed by atoms with Gasteiger partial charge >= 0.3 is 0 Å². The average molecular weight is 582 g/mol. The summed E-state index contributed by atoms with van der Waals surface area (Å²) in [5.74, 6) is -3.93. The highest BCUT2D eigenvalue weighted by molar-refractivity contribution is 5.92. The number of aromatic amines is 1. The van der Waals surface area contributed by atoms with Crippen molar-refractivity contribution in [3.63, 3.8) is 0 Å². The molecule has 1 aromatic carbocycles. The van der Waals surface area contributed by atoms with Gasteiger partial charge in [-0.05, 0) is 62.1 Å². The smallest absolute Gasteiger partial charge is 0.271 e. The van der Waals surface area contributed by atoms with Crippen LogP contribution in [0.1, 0.15) is 79.4 Å². The largest absolute Gasteiger partial charge is 0.347 e. The van der Waals surface area contributed by atoms with Crippen molar-refractivity contribution in [2.45, 2.75) is 82.3 Å². The van der Waals surface area contributed by atoms with Crippen LogP contribution < -0.4 is 10.6 Å². The predicted molar refractivity (Wildman–Crippen MR) is 138 cm³/mol. The van der Waals surface area contributed by atoms with Gasteiger partial charge in [0.1, 0.15) is 18.2 Å². The Hall–Kier alpha value is -3.58. The van der Waals surface area contributed by atoms with E-state index < -0.39 is 48.8 Å². The Bertz CT molecular complexity index is 1380. The standard InChI is InChI=1S/C27H32F5N7O2/c1-14(34-26(41)22(30)18(29)11-28)17-4-5-19-20(10-17)36-24(35-19)23(16-6-8-27(31,32)9-7-16)37-25(40)21-12-33-38-39(21)13-15-2-3-15/h4-5,10,12,14-16,18,22-23H,2-3,6-9,11,13H2,1H3,(H,34,41)(H,35,36)(H,37,40)/t14-,18?,22?,23+/m1/s1. The number of carbonyl (C=O) groups is 2. The highest BCUT2D eigenvalue weighted by Gasteiger charge is 2.40. The molecule has 2 unspecified atom stereocenters. The van der Waals surface area contributed by atoms with Crippen molar-refractivity contribution >= 4 is 22.8 Å². The van der Waals surface area contributed by atoms with Crippen molar-refractivity contribution in [2.75, 3.05) is 6.67 Å². The maximum Gasteiger partial charge on any atom is 0.271 e. The van der Waals surface area contributed by atoms with Crippen LogP contribution >= 0.6 is 0 Å². The number of fused-ring (bicyclic) bond motifs is 1. The van der Waals surface area contributed by atoms with Gasteiger partial charge in [-0.1, -0.05) is 11.3 Å². The molecular weight excluding hydrogens is 549 g/mol. The molecule has 0 aliphatic heterocycles. The summed E-state index contributed by atoms with van der Waals surface area (Å²) in [5.41, 5.74) is 1.87. The number of halogens is 5. The second-order valence-corrected chi connectivity index (χ2v) is 11.1. The Morgan fingerprint density at radius 3 is 2.56 bits per heavy atom. The van der Waals surface area contributed by atoms with Gasteiger partial charge in [0.05, 0.1) is 29.3 Å². The number of amides is 2. The number of benzene rings is 1. The molecule has 3 aromatic rings. The lowest BCUT2D eigenvalue weighted by molar-refractivity contribution is -0.129. The van der Waals surface area contributed by atoms with Crippen LogP contribution in [-0.4, -0.2) is 61.7 Å². The summed E-state index contributed by atoms with van der Waals surface area (Å²) in [5, 5.41) is 13.2. The zero-order chi connectivity index (χ0) is 29.3. The van der Waals surface area contributed by atoms with E-state index in [0.29, 0.717) is 34.9 Å². The Morgan fingerprint density at radius 1 is 1.15 bits per heavy atom. The SMILES string of the molecule is C[C@@H](NC(=O)C(F)C(F)CF)c1ccc2nc([C@@H](NC(=O)c3cnnn3CC3CC3)C3CCC(F)(F)CC3)[nH]c2c1. The highest BCUT2D eigenvalue weighted by Crippen LogP contribution is 2.41. The number of carbonyl (C=O) groups excluding carboxylic acids is 2. The van der Waals surface area contributed by atoms with Gasteiger partial charge in [-0.15, -0.1) is 5.10 Å². The van der Waals surface area contributed by atoms with E-state index in [2.05, 4.69) is 30.9 Å². The molecule has 0 saturated heterocycles. The fourth-order valence-corrected chi connectivity index (χ4v) is 5.22. The number of nitrogens with zero attached hydrogens (tertiary/aromatic N) is 4. The van der Waals surface area contributed by atoms with E-state index in [1.54, 1.807) is 29.8 Å². The van der Waals surface area contributed by atoms with Crippen LogP contribution in [0.2, 0.25) is 0 Å². The third kappa shape index (κ3) is 6.67. The number of alkyl halides is 5. The molecule has 0 radical (unpaired) electrons. The fourth-order valence-electron chi connectivity index (χ4n) is 5.22. The van der Waals surface area contributed by atoms with Crippen molar-refractivity contribution in [3.8, 4) is 0 Å². The lowest BCUT2D eigenvalue weighted by Gasteiger charge is -2.33. The molecule has 2 aliphatic carbocycles. The quantitative estimate of drug-likeness (QED) is 0.284. The molecule has 2 fully saturated rings. The van der Waals surface area contributed by atoms with E-state index in [1.165, 1.54) is 6.20 Å². The summed E-state index contributed by atoms with van der Waals surface area (Å²) in [7, 11) is 0. The maximum absolute atomic E-state index is 14.0. The fraction of sp³-hybridized carbons (Fsp3) is 0.593. The minimum atomic E-state index is -2.76. The summed E-state index contributed by atoms with van der Waals surface area (Å²) in [6.45, 7) is 0.533. The molecule has 4 atom stereocenters. The first-order valence-electron chi connectivity index (χ1n) is 13.8. The average Bonchev–Trinajstić information content (AvgIpc) is 3.47. The van der Waals surface area contributed by atoms with Gasteiger partial charge in [-0.3, -0.25) is 9.59 Å². The molecule has 3 N–H and O–H groups in total. The molecule has 14 heteroatoms. The van der Waals surface area contributed by atoms with E-state index in [4.69, 9.17) is 0 Å². The van der Waals surface area contributed by atoms with Gasteiger partial charge in [0.25, 0.3) is 11.8 Å². The Morgan fingerprint density at radius 2 is 1.88 bits per heavy atom. The molecule has 2 saturated carbocycles. The lowest BCUT2D eigenvalue weighted by Crippen LogP contribution is -2.39. The predicted octanol–water partition coefficient (Wildman–Crippen LogP) is 4.68. The zero-order valence-corrected chi connectivity index (χ0v) is 22.4. The number of rotatable bonds is 11. The van der Waals surface area contributed by atoms with Gasteiger partial charge < -0.3 is 15.6 Å². The molecule has 41 heavy (non-hydrogen) atoms.